The fourth-order valence-corrected chi connectivity index (χ4v) is 3.08. The third-order valence-electron chi connectivity index (χ3n) is 4.60. The van der Waals surface area contributed by atoms with E-state index in [1.807, 2.05) is 25.1 Å². The van der Waals surface area contributed by atoms with Crippen LogP contribution < -0.4 is 10.1 Å². The SMILES string of the molecule is Cc1cc(OC(C)C(=O)NC(C)C(=O)N2CCOCC2)ccc1C(C)C. The summed E-state index contributed by atoms with van der Waals surface area (Å²) in [7, 11) is 0. The van der Waals surface area contributed by atoms with Crippen molar-refractivity contribution in [1.82, 2.24) is 10.2 Å². The highest BCUT2D eigenvalue weighted by molar-refractivity contribution is 5.89. The van der Waals surface area contributed by atoms with Crippen LogP contribution in [0.3, 0.4) is 0 Å². The van der Waals surface area contributed by atoms with Crippen molar-refractivity contribution in [2.75, 3.05) is 26.3 Å². The van der Waals surface area contributed by atoms with Crippen molar-refractivity contribution in [3.63, 3.8) is 0 Å². The van der Waals surface area contributed by atoms with Crippen LogP contribution >= 0.6 is 0 Å². The Labute approximate surface area is 155 Å². The minimum atomic E-state index is -0.681. The number of hydrogen-bond acceptors (Lipinski definition) is 4. The molecule has 0 radical (unpaired) electrons. The predicted molar refractivity (Wildman–Crippen MR) is 100 cm³/mol. The molecule has 0 saturated carbocycles. The lowest BCUT2D eigenvalue weighted by Crippen LogP contribution is -2.52. The fraction of sp³-hybridized carbons (Fsp3) is 0.600. The van der Waals surface area contributed by atoms with E-state index in [9.17, 15) is 9.59 Å². The van der Waals surface area contributed by atoms with Gasteiger partial charge in [-0.25, -0.2) is 0 Å². The lowest BCUT2D eigenvalue weighted by molar-refractivity contribution is -0.140. The van der Waals surface area contributed by atoms with Gasteiger partial charge in [-0.1, -0.05) is 19.9 Å². The molecular weight excluding hydrogens is 332 g/mol. The first-order valence-corrected chi connectivity index (χ1v) is 9.23. The molecule has 6 heteroatoms. The number of carbonyl (C=O) groups is 2. The maximum atomic E-state index is 12.4. The van der Waals surface area contributed by atoms with Crippen molar-refractivity contribution in [2.24, 2.45) is 0 Å². The lowest BCUT2D eigenvalue weighted by Gasteiger charge is -2.29. The lowest BCUT2D eigenvalue weighted by atomic mass is 9.98. The summed E-state index contributed by atoms with van der Waals surface area (Å²) in [6.07, 6.45) is -0.681. The molecule has 1 aromatic carbocycles. The van der Waals surface area contributed by atoms with Gasteiger partial charge in [0.25, 0.3) is 5.91 Å². The second-order valence-corrected chi connectivity index (χ2v) is 7.10. The Hall–Kier alpha value is -2.08. The normalized spacial score (nSPS) is 16.9. The van der Waals surface area contributed by atoms with Gasteiger partial charge >= 0.3 is 0 Å². The molecule has 0 aliphatic carbocycles. The van der Waals surface area contributed by atoms with Crippen molar-refractivity contribution in [1.29, 1.82) is 0 Å². The topological polar surface area (TPSA) is 67.9 Å². The van der Waals surface area contributed by atoms with Crippen molar-refractivity contribution in [3.05, 3.63) is 29.3 Å². The van der Waals surface area contributed by atoms with E-state index in [0.29, 0.717) is 38.0 Å². The summed E-state index contributed by atoms with van der Waals surface area (Å²) in [6.45, 7) is 11.9. The number of rotatable bonds is 6. The zero-order valence-electron chi connectivity index (χ0n) is 16.4. The quantitative estimate of drug-likeness (QED) is 0.843. The first-order chi connectivity index (χ1) is 12.3. The molecule has 6 nitrogen and oxygen atoms in total. The number of nitrogens with one attached hydrogen (secondary N) is 1. The number of carbonyl (C=O) groups excluding carboxylic acids is 2. The van der Waals surface area contributed by atoms with Gasteiger partial charge in [-0.05, 0) is 49.9 Å². The third kappa shape index (κ3) is 5.21. The average Bonchev–Trinajstić information content (AvgIpc) is 2.61. The van der Waals surface area contributed by atoms with Crippen LogP contribution in [0.5, 0.6) is 5.75 Å². The summed E-state index contributed by atoms with van der Waals surface area (Å²) in [5.41, 5.74) is 2.40. The van der Waals surface area contributed by atoms with Gasteiger partial charge in [-0.3, -0.25) is 9.59 Å². The van der Waals surface area contributed by atoms with Crippen LogP contribution in [0, 0.1) is 6.92 Å². The second-order valence-electron chi connectivity index (χ2n) is 7.10. The largest absolute Gasteiger partial charge is 0.481 e. The number of hydrogen-bond donors (Lipinski definition) is 1. The molecule has 1 aliphatic rings. The Morgan fingerprint density at radius 2 is 1.81 bits per heavy atom. The smallest absolute Gasteiger partial charge is 0.261 e. The first-order valence-electron chi connectivity index (χ1n) is 9.23. The van der Waals surface area contributed by atoms with E-state index >= 15 is 0 Å². The van der Waals surface area contributed by atoms with Gasteiger partial charge in [-0.15, -0.1) is 0 Å². The number of ether oxygens (including phenoxy) is 2. The Kier molecular flexibility index (Phi) is 7.03. The standard InChI is InChI=1S/C20H30N2O4/c1-13(2)18-7-6-17(12-14(18)3)26-16(5)19(23)21-15(4)20(24)22-8-10-25-11-9-22/h6-7,12-13,15-16H,8-11H2,1-5H3,(H,21,23). The predicted octanol–water partition coefficient (Wildman–Crippen LogP) is 2.25. The highest BCUT2D eigenvalue weighted by Crippen LogP contribution is 2.24. The summed E-state index contributed by atoms with van der Waals surface area (Å²) in [5.74, 6) is 0.703. The van der Waals surface area contributed by atoms with Crippen LogP contribution in [0.25, 0.3) is 0 Å². The zero-order valence-corrected chi connectivity index (χ0v) is 16.4. The van der Waals surface area contributed by atoms with Gasteiger partial charge in [-0.2, -0.15) is 0 Å². The second kappa shape index (κ2) is 9.03. The van der Waals surface area contributed by atoms with E-state index in [-0.39, 0.29) is 11.8 Å². The molecule has 1 saturated heterocycles. The van der Waals surface area contributed by atoms with Crippen LogP contribution in [0.2, 0.25) is 0 Å². The van der Waals surface area contributed by atoms with Crippen molar-refractivity contribution in [3.8, 4) is 5.75 Å². The number of aryl methyl sites for hydroxylation is 1. The van der Waals surface area contributed by atoms with E-state index in [1.54, 1.807) is 18.7 Å². The molecule has 1 fully saturated rings. The number of nitrogens with zero attached hydrogens (tertiary/aromatic N) is 1. The van der Waals surface area contributed by atoms with Gasteiger partial charge in [0.15, 0.2) is 6.10 Å². The van der Waals surface area contributed by atoms with Crippen LogP contribution in [0.1, 0.15) is 44.7 Å². The van der Waals surface area contributed by atoms with E-state index in [1.165, 1.54) is 5.56 Å². The number of benzene rings is 1. The van der Waals surface area contributed by atoms with Gasteiger partial charge in [0.1, 0.15) is 11.8 Å². The van der Waals surface area contributed by atoms with Crippen LogP contribution in [0.4, 0.5) is 0 Å². The molecule has 1 aliphatic heterocycles. The molecule has 1 N–H and O–H groups in total. The maximum Gasteiger partial charge on any atom is 0.261 e. The fourth-order valence-electron chi connectivity index (χ4n) is 3.08. The molecule has 2 unspecified atom stereocenters. The summed E-state index contributed by atoms with van der Waals surface area (Å²) >= 11 is 0. The van der Waals surface area contributed by atoms with E-state index in [4.69, 9.17) is 9.47 Å². The minimum Gasteiger partial charge on any atom is -0.481 e. The average molecular weight is 362 g/mol. The summed E-state index contributed by atoms with van der Waals surface area (Å²) in [6, 6.07) is 5.28. The monoisotopic (exact) mass is 362 g/mol. The van der Waals surface area contributed by atoms with Crippen LogP contribution in [-0.4, -0.2) is 55.2 Å². The summed E-state index contributed by atoms with van der Waals surface area (Å²) in [4.78, 5) is 26.5. The molecule has 0 spiro atoms. The Morgan fingerprint density at radius 3 is 2.38 bits per heavy atom. The highest BCUT2D eigenvalue weighted by atomic mass is 16.5. The van der Waals surface area contributed by atoms with Gasteiger partial charge in [0, 0.05) is 13.1 Å². The molecule has 26 heavy (non-hydrogen) atoms. The maximum absolute atomic E-state index is 12.4. The molecule has 144 valence electrons. The molecule has 2 amide bonds. The Balaban J connectivity index is 1.90. The van der Waals surface area contributed by atoms with E-state index in [0.717, 1.165) is 5.56 Å². The molecule has 2 rings (SSSR count). The van der Waals surface area contributed by atoms with E-state index < -0.39 is 12.1 Å². The summed E-state index contributed by atoms with van der Waals surface area (Å²) < 4.78 is 11.0. The zero-order chi connectivity index (χ0) is 19.3. The Morgan fingerprint density at radius 1 is 1.15 bits per heavy atom. The van der Waals surface area contributed by atoms with Crippen LogP contribution in [-0.2, 0) is 14.3 Å². The number of morpholine rings is 1. The summed E-state index contributed by atoms with van der Waals surface area (Å²) in [5, 5.41) is 2.75. The molecule has 0 aromatic heterocycles. The Bertz CT molecular complexity index is 639. The molecular formula is C20H30N2O4. The molecule has 1 heterocycles. The third-order valence-corrected chi connectivity index (χ3v) is 4.60. The number of amides is 2. The van der Waals surface area contributed by atoms with Crippen molar-refractivity contribution >= 4 is 11.8 Å². The van der Waals surface area contributed by atoms with Crippen LogP contribution in [0.15, 0.2) is 18.2 Å². The van der Waals surface area contributed by atoms with E-state index in [2.05, 4.69) is 19.2 Å². The minimum absolute atomic E-state index is 0.0917. The van der Waals surface area contributed by atoms with Gasteiger partial charge in [0.2, 0.25) is 5.91 Å². The molecule has 2 atom stereocenters. The molecule has 1 aromatic rings. The van der Waals surface area contributed by atoms with Gasteiger partial charge < -0.3 is 19.7 Å². The molecule has 0 bridgehead atoms. The first kappa shape index (κ1) is 20.2. The van der Waals surface area contributed by atoms with Crippen molar-refractivity contribution in [2.45, 2.75) is 52.7 Å². The van der Waals surface area contributed by atoms with Gasteiger partial charge in [0.05, 0.1) is 13.2 Å². The van der Waals surface area contributed by atoms with Crippen molar-refractivity contribution < 1.29 is 19.1 Å². The highest BCUT2D eigenvalue weighted by Gasteiger charge is 2.25.